The number of rotatable bonds is 4. The SMILES string of the molecule is COc1ccc2nc(NCc3ccccc3F)[nH]c2c1. The van der Waals surface area contributed by atoms with Gasteiger partial charge in [-0.15, -0.1) is 0 Å². The number of nitrogens with zero attached hydrogens (tertiary/aromatic N) is 1. The lowest BCUT2D eigenvalue weighted by molar-refractivity contribution is 0.415. The minimum Gasteiger partial charge on any atom is -0.497 e. The highest BCUT2D eigenvalue weighted by atomic mass is 19.1. The summed E-state index contributed by atoms with van der Waals surface area (Å²) in [5.41, 5.74) is 2.31. The molecule has 4 nitrogen and oxygen atoms in total. The number of methoxy groups -OCH3 is 1. The number of ether oxygens (including phenoxy) is 1. The monoisotopic (exact) mass is 271 g/mol. The summed E-state index contributed by atoms with van der Waals surface area (Å²) < 4.78 is 18.7. The number of imidazole rings is 1. The summed E-state index contributed by atoms with van der Waals surface area (Å²) in [6, 6.07) is 12.3. The van der Waals surface area contributed by atoms with Crippen LogP contribution in [0.2, 0.25) is 0 Å². The van der Waals surface area contributed by atoms with Crippen molar-refractivity contribution in [2.24, 2.45) is 0 Å². The van der Waals surface area contributed by atoms with Crippen molar-refractivity contribution in [3.8, 4) is 5.75 Å². The Morgan fingerprint density at radius 2 is 2.10 bits per heavy atom. The molecular formula is C15H14FN3O. The fourth-order valence-corrected chi connectivity index (χ4v) is 2.02. The number of aromatic nitrogens is 2. The molecule has 0 radical (unpaired) electrons. The van der Waals surface area contributed by atoms with Crippen LogP contribution in [-0.4, -0.2) is 17.1 Å². The minimum atomic E-state index is -0.224. The second-order valence-corrected chi connectivity index (χ2v) is 4.41. The highest BCUT2D eigenvalue weighted by Gasteiger charge is 2.05. The molecule has 0 bridgehead atoms. The van der Waals surface area contributed by atoms with Crippen LogP contribution >= 0.6 is 0 Å². The number of fused-ring (bicyclic) bond motifs is 1. The summed E-state index contributed by atoms with van der Waals surface area (Å²) in [5.74, 6) is 1.15. The molecule has 2 N–H and O–H groups in total. The Morgan fingerprint density at radius 3 is 2.90 bits per heavy atom. The summed E-state index contributed by atoms with van der Waals surface area (Å²) in [6.45, 7) is 0.379. The molecule has 0 saturated heterocycles. The van der Waals surface area contributed by atoms with E-state index >= 15 is 0 Å². The molecule has 0 spiro atoms. The van der Waals surface area contributed by atoms with Crippen LogP contribution in [0, 0.1) is 5.82 Å². The van der Waals surface area contributed by atoms with Gasteiger partial charge in [0.2, 0.25) is 5.95 Å². The zero-order chi connectivity index (χ0) is 13.9. The van der Waals surface area contributed by atoms with Crippen molar-refractivity contribution in [1.82, 2.24) is 9.97 Å². The van der Waals surface area contributed by atoms with Gasteiger partial charge in [-0.2, -0.15) is 0 Å². The number of hydrogen-bond acceptors (Lipinski definition) is 3. The summed E-state index contributed by atoms with van der Waals surface area (Å²) >= 11 is 0. The maximum Gasteiger partial charge on any atom is 0.201 e. The van der Waals surface area contributed by atoms with Crippen molar-refractivity contribution in [2.45, 2.75) is 6.54 Å². The van der Waals surface area contributed by atoms with Gasteiger partial charge in [-0.05, 0) is 18.2 Å². The summed E-state index contributed by atoms with van der Waals surface area (Å²) in [4.78, 5) is 7.52. The van der Waals surface area contributed by atoms with Gasteiger partial charge in [-0.3, -0.25) is 0 Å². The molecule has 0 aliphatic rings. The molecule has 1 heterocycles. The lowest BCUT2D eigenvalue weighted by atomic mass is 10.2. The van der Waals surface area contributed by atoms with Crippen molar-refractivity contribution in [3.05, 3.63) is 53.8 Å². The van der Waals surface area contributed by atoms with Crippen LogP contribution in [0.3, 0.4) is 0 Å². The summed E-state index contributed by atoms with van der Waals surface area (Å²) in [7, 11) is 1.62. The number of anilines is 1. The Labute approximate surface area is 115 Å². The van der Waals surface area contributed by atoms with Crippen molar-refractivity contribution in [2.75, 3.05) is 12.4 Å². The molecule has 102 valence electrons. The van der Waals surface area contributed by atoms with Crippen LogP contribution in [0.1, 0.15) is 5.56 Å². The van der Waals surface area contributed by atoms with E-state index in [4.69, 9.17) is 4.74 Å². The molecule has 0 unspecified atom stereocenters. The van der Waals surface area contributed by atoms with Crippen molar-refractivity contribution >= 4 is 17.0 Å². The highest BCUT2D eigenvalue weighted by Crippen LogP contribution is 2.20. The molecule has 0 fully saturated rings. The van der Waals surface area contributed by atoms with E-state index in [0.29, 0.717) is 18.1 Å². The first-order valence-corrected chi connectivity index (χ1v) is 6.27. The highest BCUT2D eigenvalue weighted by molar-refractivity contribution is 5.79. The third-order valence-corrected chi connectivity index (χ3v) is 3.09. The van der Waals surface area contributed by atoms with Crippen molar-refractivity contribution in [1.29, 1.82) is 0 Å². The fraction of sp³-hybridized carbons (Fsp3) is 0.133. The lowest BCUT2D eigenvalue weighted by Gasteiger charge is -2.03. The normalized spacial score (nSPS) is 10.7. The first-order chi connectivity index (χ1) is 9.76. The largest absolute Gasteiger partial charge is 0.497 e. The van der Waals surface area contributed by atoms with Crippen molar-refractivity contribution < 1.29 is 9.13 Å². The Kier molecular flexibility index (Phi) is 3.25. The third-order valence-electron chi connectivity index (χ3n) is 3.09. The van der Waals surface area contributed by atoms with Crippen LogP contribution in [0.4, 0.5) is 10.3 Å². The van der Waals surface area contributed by atoms with Crippen LogP contribution in [0.25, 0.3) is 11.0 Å². The quantitative estimate of drug-likeness (QED) is 0.765. The Hall–Kier alpha value is -2.56. The predicted octanol–water partition coefficient (Wildman–Crippen LogP) is 3.32. The molecule has 0 aliphatic heterocycles. The van der Waals surface area contributed by atoms with Gasteiger partial charge in [-0.25, -0.2) is 9.37 Å². The standard InChI is InChI=1S/C15H14FN3O/c1-20-11-6-7-13-14(8-11)19-15(18-13)17-9-10-4-2-3-5-12(10)16/h2-8H,9H2,1H3,(H2,17,18,19). The van der Waals surface area contributed by atoms with Gasteiger partial charge >= 0.3 is 0 Å². The van der Waals surface area contributed by atoms with E-state index in [-0.39, 0.29) is 5.82 Å². The Morgan fingerprint density at radius 1 is 1.25 bits per heavy atom. The van der Waals surface area contributed by atoms with Crippen LogP contribution in [-0.2, 0) is 6.54 Å². The first kappa shape index (κ1) is 12.5. The maximum absolute atomic E-state index is 13.5. The zero-order valence-electron chi connectivity index (χ0n) is 11.0. The van der Waals surface area contributed by atoms with Gasteiger partial charge in [0.15, 0.2) is 0 Å². The van der Waals surface area contributed by atoms with E-state index < -0.39 is 0 Å². The molecule has 0 aliphatic carbocycles. The number of halogens is 1. The van der Waals surface area contributed by atoms with Crippen molar-refractivity contribution in [3.63, 3.8) is 0 Å². The van der Waals surface area contributed by atoms with E-state index in [1.807, 2.05) is 24.3 Å². The number of aromatic amines is 1. The average molecular weight is 271 g/mol. The molecular weight excluding hydrogens is 257 g/mol. The van der Waals surface area contributed by atoms with Gasteiger partial charge < -0.3 is 15.0 Å². The molecule has 3 aromatic rings. The number of benzene rings is 2. The topological polar surface area (TPSA) is 49.9 Å². The van der Waals surface area contributed by atoms with E-state index in [1.54, 1.807) is 19.2 Å². The molecule has 0 atom stereocenters. The molecule has 20 heavy (non-hydrogen) atoms. The van der Waals surface area contributed by atoms with Gasteiger partial charge in [-0.1, -0.05) is 18.2 Å². The second kappa shape index (κ2) is 5.21. The predicted molar refractivity (Wildman–Crippen MR) is 76.4 cm³/mol. The number of H-pyrrole nitrogens is 1. The number of nitrogens with one attached hydrogen (secondary N) is 2. The molecule has 3 rings (SSSR count). The van der Waals surface area contributed by atoms with E-state index in [1.165, 1.54) is 6.07 Å². The first-order valence-electron chi connectivity index (χ1n) is 6.27. The van der Waals surface area contributed by atoms with E-state index in [2.05, 4.69) is 15.3 Å². The van der Waals surface area contributed by atoms with E-state index in [0.717, 1.165) is 16.8 Å². The van der Waals surface area contributed by atoms with Gasteiger partial charge in [0.1, 0.15) is 11.6 Å². The minimum absolute atomic E-state index is 0.224. The lowest BCUT2D eigenvalue weighted by Crippen LogP contribution is -2.02. The molecule has 0 amide bonds. The van der Waals surface area contributed by atoms with E-state index in [9.17, 15) is 4.39 Å². The molecule has 0 saturated carbocycles. The third kappa shape index (κ3) is 2.42. The van der Waals surface area contributed by atoms with Crippen LogP contribution in [0.15, 0.2) is 42.5 Å². The number of hydrogen-bond donors (Lipinski definition) is 2. The Balaban J connectivity index is 1.79. The summed E-state index contributed by atoms with van der Waals surface area (Å²) in [5, 5.41) is 3.08. The molecule has 2 aromatic carbocycles. The smallest absolute Gasteiger partial charge is 0.201 e. The second-order valence-electron chi connectivity index (χ2n) is 4.41. The van der Waals surface area contributed by atoms with Gasteiger partial charge in [0.25, 0.3) is 0 Å². The zero-order valence-corrected chi connectivity index (χ0v) is 11.0. The molecule has 5 heteroatoms. The Bertz CT molecular complexity index is 739. The summed E-state index contributed by atoms with van der Waals surface area (Å²) in [6.07, 6.45) is 0. The fourth-order valence-electron chi connectivity index (χ4n) is 2.02. The van der Waals surface area contributed by atoms with Gasteiger partial charge in [0.05, 0.1) is 18.1 Å². The van der Waals surface area contributed by atoms with Crippen LogP contribution in [0.5, 0.6) is 5.75 Å². The average Bonchev–Trinajstić information content (AvgIpc) is 2.88. The molecule has 1 aromatic heterocycles. The van der Waals surface area contributed by atoms with Gasteiger partial charge in [0, 0.05) is 18.2 Å². The van der Waals surface area contributed by atoms with Crippen LogP contribution < -0.4 is 10.1 Å². The maximum atomic E-state index is 13.5.